The van der Waals surface area contributed by atoms with E-state index >= 15 is 0 Å². The first-order valence-corrected chi connectivity index (χ1v) is 11.9. The Morgan fingerprint density at radius 3 is 2.71 bits per heavy atom. The van der Waals surface area contributed by atoms with Crippen molar-refractivity contribution in [1.29, 1.82) is 0 Å². The van der Waals surface area contributed by atoms with Gasteiger partial charge >= 0.3 is 0 Å². The van der Waals surface area contributed by atoms with Crippen molar-refractivity contribution in [3.63, 3.8) is 0 Å². The van der Waals surface area contributed by atoms with Gasteiger partial charge in [0.1, 0.15) is 0 Å². The van der Waals surface area contributed by atoms with Crippen molar-refractivity contribution in [2.24, 2.45) is 5.73 Å². The summed E-state index contributed by atoms with van der Waals surface area (Å²) >= 11 is 6.50. The lowest BCUT2D eigenvalue weighted by molar-refractivity contribution is 0.182. The highest BCUT2D eigenvalue weighted by Crippen LogP contribution is 2.36. The van der Waals surface area contributed by atoms with Gasteiger partial charge in [-0.3, -0.25) is 4.98 Å². The summed E-state index contributed by atoms with van der Waals surface area (Å²) in [6.07, 6.45) is 8.61. The van der Waals surface area contributed by atoms with Gasteiger partial charge in [0.15, 0.2) is 0 Å². The standard InChI is InChI=1S/C15H15ClN2.C11H22N2/c1-2-9-6-7-10-13(8-9)18-15-11(14(10)16)4-3-5-12(15)17;1-4-5-6-11(2)13-9-7-12(3)8-10-13/h2,6-8,12H,1,3-5,17H2;2,4-10H2,1,3H3. The molecule has 0 bridgehead atoms. The van der Waals surface area contributed by atoms with Gasteiger partial charge in [-0.15, -0.1) is 0 Å². The maximum absolute atomic E-state index is 6.50. The number of pyridine rings is 1. The van der Waals surface area contributed by atoms with Gasteiger partial charge in [0.05, 0.1) is 16.2 Å². The summed E-state index contributed by atoms with van der Waals surface area (Å²) in [5.41, 5.74) is 11.5. The van der Waals surface area contributed by atoms with Gasteiger partial charge in [-0.1, -0.05) is 56.3 Å². The molecule has 0 spiro atoms. The number of likely N-dealkylation sites (N-methyl/N-ethyl adjacent to an activating group) is 1. The van der Waals surface area contributed by atoms with E-state index in [1.165, 1.54) is 51.1 Å². The molecule has 0 saturated carbocycles. The predicted octanol–water partition coefficient (Wildman–Crippen LogP) is 5.81. The van der Waals surface area contributed by atoms with Gasteiger partial charge < -0.3 is 15.5 Å². The van der Waals surface area contributed by atoms with E-state index in [9.17, 15) is 0 Å². The second-order valence-corrected chi connectivity index (χ2v) is 9.11. The molecule has 2 aromatic rings. The van der Waals surface area contributed by atoms with Gasteiger partial charge in [0.2, 0.25) is 0 Å². The number of nitrogens with zero attached hydrogens (tertiary/aromatic N) is 3. The van der Waals surface area contributed by atoms with Crippen LogP contribution in [0, 0.1) is 0 Å². The average molecular weight is 441 g/mol. The summed E-state index contributed by atoms with van der Waals surface area (Å²) in [7, 11) is 2.19. The molecule has 1 aromatic carbocycles. The fourth-order valence-electron chi connectivity index (χ4n) is 4.27. The molecule has 5 heteroatoms. The summed E-state index contributed by atoms with van der Waals surface area (Å²) in [6, 6.07) is 6.05. The van der Waals surface area contributed by atoms with E-state index in [0.717, 1.165) is 52.0 Å². The van der Waals surface area contributed by atoms with Crippen LogP contribution in [0.1, 0.15) is 61.9 Å². The van der Waals surface area contributed by atoms with Crippen LogP contribution in [0.4, 0.5) is 0 Å². The molecule has 168 valence electrons. The van der Waals surface area contributed by atoms with Crippen LogP contribution in [0.5, 0.6) is 0 Å². The van der Waals surface area contributed by atoms with Crippen molar-refractivity contribution < 1.29 is 0 Å². The summed E-state index contributed by atoms with van der Waals surface area (Å²) in [6.45, 7) is 14.9. The number of rotatable bonds is 5. The number of hydrogen-bond acceptors (Lipinski definition) is 4. The van der Waals surface area contributed by atoms with Crippen molar-refractivity contribution in [1.82, 2.24) is 14.8 Å². The van der Waals surface area contributed by atoms with Crippen molar-refractivity contribution in [3.05, 3.63) is 58.9 Å². The van der Waals surface area contributed by atoms with E-state index in [1.807, 2.05) is 24.3 Å². The Labute approximate surface area is 192 Å². The molecule has 0 amide bonds. The molecule has 2 heterocycles. The van der Waals surface area contributed by atoms with E-state index in [4.69, 9.17) is 22.3 Å². The third-order valence-electron chi connectivity index (χ3n) is 6.37. The van der Waals surface area contributed by atoms with Crippen LogP contribution < -0.4 is 5.73 Å². The molecule has 1 aliphatic heterocycles. The second kappa shape index (κ2) is 11.1. The smallest absolute Gasteiger partial charge is 0.0727 e. The molecule has 4 rings (SSSR count). The number of fused-ring (bicyclic) bond motifs is 2. The number of halogens is 1. The van der Waals surface area contributed by atoms with Crippen LogP contribution in [0.25, 0.3) is 17.0 Å². The van der Waals surface area contributed by atoms with Crippen molar-refractivity contribution in [3.8, 4) is 0 Å². The minimum absolute atomic E-state index is 0.0167. The highest BCUT2D eigenvalue weighted by Gasteiger charge is 2.22. The molecule has 1 atom stereocenters. The second-order valence-electron chi connectivity index (χ2n) is 8.73. The molecule has 31 heavy (non-hydrogen) atoms. The first-order chi connectivity index (χ1) is 14.9. The number of benzene rings is 1. The average Bonchev–Trinajstić information content (AvgIpc) is 2.79. The van der Waals surface area contributed by atoms with E-state index in [1.54, 1.807) is 0 Å². The molecule has 1 fully saturated rings. The fourth-order valence-corrected chi connectivity index (χ4v) is 4.62. The highest BCUT2D eigenvalue weighted by atomic mass is 35.5. The Balaban J connectivity index is 0.000000187. The van der Waals surface area contributed by atoms with Crippen molar-refractivity contribution >= 4 is 28.6 Å². The Morgan fingerprint density at radius 2 is 2.03 bits per heavy atom. The molecule has 2 N–H and O–H groups in total. The lowest BCUT2D eigenvalue weighted by Crippen LogP contribution is -2.43. The number of nitrogens with two attached hydrogens (primary N) is 1. The maximum Gasteiger partial charge on any atom is 0.0727 e. The minimum Gasteiger partial charge on any atom is -0.373 e. The van der Waals surface area contributed by atoms with Gasteiger partial charge in [-0.25, -0.2) is 0 Å². The summed E-state index contributed by atoms with van der Waals surface area (Å²) < 4.78 is 0. The van der Waals surface area contributed by atoms with Gasteiger partial charge in [0.25, 0.3) is 0 Å². The van der Waals surface area contributed by atoms with Crippen LogP contribution in [-0.2, 0) is 6.42 Å². The molecule has 1 saturated heterocycles. The Morgan fingerprint density at radius 1 is 1.29 bits per heavy atom. The number of hydrogen-bond donors (Lipinski definition) is 1. The van der Waals surface area contributed by atoms with E-state index < -0.39 is 0 Å². The lowest BCUT2D eigenvalue weighted by atomic mass is 9.91. The van der Waals surface area contributed by atoms with E-state index in [-0.39, 0.29) is 6.04 Å². The minimum atomic E-state index is 0.0167. The molecular formula is C26H37ClN4. The van der Waals surface area contributed by atoms with Crippen molar-refractivity contribution in [2.75, 3.05) is 33.2 Å². The number of allylic oxidation sites excluding steroid dienone is 1. The van der Waals surface area contributed by atoms with Crippen LogP contribution >= 0.6 is 11.6 Å². The van der Waals surface area contributed by atoms with Crippen LogP contribution in [-0.4, -0.2) is 48.0 Å². The first kappa shape index (κ1) is 23.8. The summed E-state index contributed by atoms with van der Waals surface area (Å²) in [5.74, 6) is 0. The number of unbranched alkanes of at least 4 members (excludes halogenated alkanes) is 1. The van der Waals surface area contributed by atoms with Gasteiger partial charge in [0, 0.05) is 43.3 Å². The zero-order valence-electron chi connectivity index (χ0n) is 19.2. The molecule has 4 nitrogen and oxygen atoms in total. The Hall–Kier alpha value is -1.88. The van der Waals surface area contributed by atoms with Crippen LogP contribution in [0.3, 0.4) is 0 Å². The third kappa shape index (κ3) is 5.88. The van der Waals surface area contributed by atoms with Crippen molar-refractivity contribution in [2.45, 2.75) is 51.5 Å². The lowest BCUT2D eigenvalue weighted by Gasteiger charge is -2.35. The molecule has 0 radical (unpaired) electrons. The first-order valence-electron chi connectivity index (χ1n) is 11.6. The molecule has 1 aliphatic carbocycles. The van der Waals surface area contributed by atoms with E-state index in [2.05, 4.69) is 36.9 Å². The highest BCUT2D eigenvalue weighted by molar-refractivity contribution is 6.36. The molecule has 1 aromatic heterocycles. The fraction of sp³-hybridized carbons (Fsp3) is 0.500. The maximum atomic E-state index is 6.50. The normalized spacial score (nSPS) is 18.8. The van der Waals surface area contributed by atoms with Crippen LogP contribution in [0.15, 0.2) is 37.1 Å². The zero-order chi connectivity index (χ0) is 22.4. The quantitative estimate of drug-likeness (QED) is 0.637. The molecule has 1 unspecified atom stereocenters. The van der Waals surface area contributed by atoms with E-state index in [0.29, 0.717) is 0 Å². The van der Waals surface area contributed by atoms with Gasteiger partial charge in [-0.05, 0) is 56.3 Å². The topological polar surface area (TPSA) is 45.4 Å². The number of piperazine rings is 1. The predicted molar refractivity (Wildman–Crippen MR) is 134 cm³/mol. The monoisotopic (exact) mass is 440 g/mol. The summed E-state index contributed by atoms with van der Waals surface area (Å²) in [5, 5.41) is 1.83. The Kier molecular flexibility index (Phi) is 8.53. The van der Waals surface area contributed by atoms with Crippen LogP contribution in [0.2, 0.25) is 5.02 Å². The number of aromatic nitrogens is 1. The van der Waals surface area contributed by atoms with Gasteiger partial charge in [-0.2, -0.15) is 0 Å². The Bertz CT molecular complexity index is 915. The molecule has 2 aliphatic rings. The zero-order valence-corrected chi connectivity index (χ0v) is 19.9. The molecular weight excluding hydrogens is 404 g/mol. The summed E-state index contributed by atoms with van der Waals surface area (Å²) in [4.78, 5) is 9.53. The SMILES string of the molecule is C=C(CCCC)N1CCN(C)CC1.C=Cc1ccc2c(Cl)c3c(nc2c1)C(N)CCC3. The third-order valence-corrected chi connectivity index (χ3v) is 6.80. The largest absolute Gasteiger partial charge is 0.373 e.